The number of hydrogen-bond donors (Lipinski definition) is 1. The Balaban J connectivity index is 1.97. The van der Waals surface area contributed by atoms with Crippen LogP contribution in [0.1, 0.15) is 16.6 Å². The van der Waals surface area contributed by atoms with Crippen molar-refractivity contribution in [3.05, 3.63) is 46.4 Å². The van der Waals surface area contributed by atoms with Crippen LogP contribution in [0.5, 0.6) is 0 Å². The lowest BCUT2D eigenvalue weighted by atomic mass is 10.2. The molecule has 0 saturated carbocycles. The van der Waals surface area contributed by atoms with E-state index in [4.69, 9.17) is 0 Å². The highest BCUT2D eigenvalue weighted by Crippen LogP contribution is 2.22. The van der Waals surface area contributed by atoms with E-state index >= 15 is 0 Å². The minimum absolute atomic E-state index is 0.343. The number of aryl methyl sites for hydroxylation is 1. The molecule has 0 radical (unpaired) electrons. The number of rotatable bonds is 6. The van der Waals surface area contributed by atoms with Crippen molar-refractivity contribution in [1.29, 1.82) is 0 Å². The molecular formula is C17H27N5S. The van der Waals surface area contributed by atoms with Gasteiger partial charge in [-0.2, -0.15) is 0 Å². The van der Waals surface area contributed by atoms with Gasteiger partial charge >= 0.3 is 0 Å². The molecule has 1 atom stereocenters. The first-order valence-electron chi connectivity index (χ1n) is 7.74. The molecule has 0 amide bonds. The predicted molar refractivity (Wildman–Crippen MR) is 99.0 cm³/mol. The van der Waals surface area contributed by atoms with Gasteiger partial charge in [-0.05, 0) is 37.7 Å². The monoisotopic (exact) mass is 333 g/mol. The van der Waals surface area contributed by atoms with Gasteiger partial charge in [0.15, 0.2) is 5.96 Å². The number of nitrogens with one attached hydrogen (secondary N) is 1. The van der Waals surface area contributed by atoms with Gasteiger partial charge in [0.25, 0.3) is 0 Å². The molecule has 0 aliphatic rings. The van der Waals surface area contributed by atoms with Crippen LogP contribution in [-0.4, -0.2) is 55.1 Å². The smallest absolute Gasteiger partial charge is 0.193 e. The summed E-state index contributed by atoms with van der Waals surface area (Å²) in [4.78, 5) is 10.2. The third kappa shape index (κ3) is 4.59. The first kappa shape index (κ1) is 17.6. The van der Waals surface area contributed by atoms with Crippen molar-refractivity contribution in [1.82, 2.24) is 19.7 Å². The second-order valence-corrected chi connectivity index (χ2v) is 6.87. The van der Waals surface area contributed by atoms with E-state index in [1.807, 2.05) is 7.05 Å². The number of thiophene rings is 1. The molecule has 0 bridgehead atoms. The molecule has 0 spiro atoms. The number of aromatic nitrogens is 1. The van der Waals surface area contributed by atoms with E-state index < -0.39 is 0 Å². The van der Waals surface area contributed by atoms with Gasteiger partial charge < -0.3 is 19.7 Å². The first-order valence-corrected chi connectivity index (χ1v) is 8.62. The molecule has 2 aromatic rings. The first-order chi connectivity index (χ1) is 11.0. The van der Waals surface area contributed by atoms with Crippen LogP contribution in [0.4, 0.5) is 0 Å². The summed E-state index contributed by atoms with van der Waals surface area (Å²) in [5.74, 6) is 0.912. The summed E-state index contributed by atoms with van der Waals surface area (Å²) >= 11 is 1.79. The van der Waals surface area contributed by atoms with Crippen LogP contribution < -0.4 is 5.32 Å². The summed E-state index contributed by atoms with van der Waals surface area (Å²) in [5.41, 5.74) is 1.26. The maximum Gasteiger partial charge on any atom is 0.193 e. The zero-order valence-electron chi connectivity index (χ0n) is 14.7. The third-order valence-corrected chi connectivity index (χ3v) is 4.95. The lowest BCUT2D eigenvalue weighted by Gasteiger charge is -2.27. The number of guanidine groups is 1. The highest BCUT2D eigenvalue weighted by molar-refractivity contribution is 7.10. The lowest BCUT2D eigenvalue weighted by Crippen LogP contribution is -2.42. The number of nitrogens with zero attached hydrogens (tertiary/aromatic N) is 4. The van der Waals surface area contributed by atoms with Gasteiger partial charge in [-0.3, -0.25) is 4.99 Å². The average molecular weight is 334 g/mol. The van der Waals surface area contributed by atoms with Gasteiger partial charge in [-0.15, -0.1) is 11.3 Å². The van der Waals surface area contributed by atoms with Crippen LogP contribution in [0.15, 0.2) is 40.8 Å². The molecular weight excluding hydrogens is 306 g/mol. The van der Waals surface area contributed by atoms with Crippen molar-refractivity contribution in [2.75, 3.05) is 34.7 Å². The van der Waals surface area contributed by atoms with E-state index in [1.54, 1.807) is 11.3 Å². The Kier molecular flexibility index (Phi) is 6.24. The molecule has 0 aliphatic heterocycles. The second-order valence-electron chi connectivity index (χ2n) is 5.89. The molecule has 126 valence electrons. The summed E-state index contributed by atoms with van der Waals surface area (Å²) in [5, 5.41) is 5.63. The normalized spacial score (nSPS) is 13.4. The molecule has 2 rings (SSSR count). The fourth-order valence-corrected chi connectivity index (χ4v) is 3.49. The number of aliphatic imine (C=N–C) groups is 1. The van der Waals surface area contributed by atoms with E-state index in [1.165, 1.54) is 10.6 Å². The Morgan fingerprint density at radius 3 is 2.61 bits per heavy atom. The Morgan fingerprint density at radius 2 is 2.09 bits per heavy atom. The Labute approximate surface area is 143 Å². The van der Waals surface area contributed by atoms with Gasteiger partial charge in [0.1, 0.15) is 0 Å². The van der Waals surface area contributed by atoms with Crippen LogP contribution in [0.25, 0.3) is 0 Å². The van der Waals surface area contributed by atoms with E-state index in [2.05, 4.69) is 88.7 Å². The zero-order valence-corrected chi connectivity index (χ0v) is 15.5. The van der Waals surface area contributed by atoms with E-state index in [0.717, 1.165) is 19.0 Å². The third-order valence-electron chi connectivity index (χ3n) is 3.97. The zero-order chi connectivity index (χ0) is 16.8. The van der Waals surface area contributed by atoms with Crippen LogP contribution in [0, 0.1) is 0 Å². The maximum absolute atomic E-state index is 4.42. The van der Waals surface area contributed by atoms with Crippen molar-refractivity contribution < 1.29 is 0 Å². The molecule has 2 aromatic heterocycles. The van der Waals surface area contributed by atoms with E-state index in [-0.39, 0.29) is 0 Å². The molecule has 0 fully saturated rings. The van der Waals surface area contributed by atoms with E-state index in [9.17, 15) is 0 Å². The van der Waals surface area contributed by atoms with Gasteiger partial charge in [-0.1, -0.05) is 6.07 Å². The molecule has 2 heterocycles. The molecule has 0 aromatic carbocycles. The SMILES string of the molecule is CN=C(NCC(c1cccs1)N(C)C)N(C)Cc1cccn1C. The molecule has 0 aliphatic carbocycles. The summed E-state index contributed by atoms with van der Waals surface area (Å²) in [6, 6.07) is 8.84. The second kappa shape index (κ2) is 8.17. The largest absolute Gasteiger partial charge is 0.354 e. The van der Waals surface area contributed by atoms with Gasteiger partial charge in [0.05, 0.1) is 12.6 Å². The average Bonchev–Trinajstić information content (AvgIpc) is 3.16. The Bertz CT molecular complexity index is 615. The van der Waals surface area contributed by atoms with Crippen molar-refractivity contribution in [2.24, 2.45) is 12.0 Å². The summed E-state index contributed by atoms with van der Waals surface area (Å²) in [6.07, 6.45) is 2.07. The molecule has 23 heavy (non-hydrogen) atoms. The van der Waals surface area contributed by atoms with Crippen LogP contribution in [0.2, 0.25) is 0 Å². The number of hydrogen-bond acceptors (Lipinski definition) is 3. The highest BCUT2D eigenvalue weighted by Gasteiger charge is 2.17. The molecule has 1 unspecified atom stereocenters. The quantitative estimate of drug-likeness (QED) is 0.651. The summed E-state index contributed by atoms with van der Waals surface area (Å²) in [7, 11) is 10.2. The van der Waals surface area contributed by atoms with Crippen molar-refractivity contribution in [2.45, 2.75) is 12.6 Å². The fraction of sp³-hybridized carbons (Fsp3) is 0.471. The van der Waals surface area contributed by atoms with Crippen molar-refractivity contribution >= 4 is 17.3 Å². The van der Waals surface area contributed by atoms with Crippen LogP contribution >= 0.6 is 11.3 Å². The Hall–Kier alpha value is -1.79. The minimum Gasteiger partial charge on any atom is -0.354 e. The lowest BCUT2D eigenvalue weighted by molar-refractivity contribution is 0.299. The topological polar surface area (TPSA) is 35.8 Å². The van der Waals surface area contributed by atoms with E-state index in [0.29, 0.717) is 6.04 Å². The minimum atomic E-state index is 0.343. The predicted octanol–water partition coefficient (Wildman–Crippen LogP) is 2.40. The molecule has 6 heteroatoms. The fourth-order valence-electron chi connectivity index (χ4n) is 2.57. The molecule has 5 nitrogen and oxygen atoms in total. The van der Waals surface area contributed by atoms with Crippen molar-refractivity contribution in [3.8, 4) is 0 Å². The van der Waals surface area contributed by atoms with Crippen LogP contribution in [0.3, 0.4) is 0 Å². The standard InChI is InChI=1S/C17H27N5S/c1-18-17(22(5)13-14-8-6-10-21(14)4)19-12-15(20(2)3)16-9-7-11-23-16/h6-11,15H,12-13H2,1-5H3,(H,18,19). The maximum atomic E-state index is 4.42. The van der Waals surface area contributed by atoms with Gasteiger partial charge in [0.2, 0.25) is 0 Å². The number of likely N-dealkylation sites (N-methyl/N-ethyl adjacent to an activating group) is 1. The van der Waals surface area contributed by atoms with Gasteiger partial charge in [-0.25, -0.2) is 0 Å². The molecule has 0 saturated heterocycles. The van der Waals surface area contributed by atoms with Gasteiger partial charge in [0, 0.05) is 44.5 Å². The van der Waals surface area contributed by atoms with Crippen LogP contribution in [-0.2, 0) is 13.6 Å². The summed E-state index contributed by atoms with van der Waals surface area (Å²) < 4.78 is 2.14. The highest BCUT2D eigenvalue weighted by atomic mass is 32.1. The summed E-state index contributed by atoms with van der Waals surface area (Å²) in [6.45, 7) is 1.66. The molecule has 1 N–H and O–H groups in total. The van der Waals surface area contributed by atoms with Crippen molar-refractivity contribution in [3.63, 3.8) is 0 Å². The Morgan fingerprint density at radius 1 is 1.30 bits per heavy atom.